The van der Waals surface area contributed by atoms with Gasteiger partial charge in [-0.2, -0.15) is 0 Å². The molecule has 2 aromatic rings. The zero-order valence-corrected chi connectivity index (χ0v) is 14.5. The first-order valence-electron chi connectivity index (χ1n) is 7.82. The fourth-order valence-electron chi connectivity index (χ4n) is 2.31. The average Bonchev–Trinajstić information content (AvgIpc) is 2.91. The Labute approximate surface area is 157 Å². The first-order valence-corrected chi connectivity index (χ1v) is 8.13. The number of benzene rings is 1. The third kappa shape index (κ3) is 4.38. The molecule has 3 nitrogen and oxygen atoms in total. The summed E-state index contributed by atoms with van der Waals surface area (Å²) >= 11 is 5.05. The zero-order valence-electron chi connectivity index (χ0n) is 13.8. The van der Waals surface area contributed by atoms with Gasteiger partial charge in [0.25, 0.3) is 0 Å². The summed E-state index contributed by atoms with van der Waals surface area (Å²) in [4.78, 5) is 15.8. The SMILES string of the molecule is C=C1C=CC=CC(c2ccc(C#Cc3ccc(C(=O)OCl)cc3)cn2)=C1. The summed E-state index contributed by atoms with van der Waals surface area (Å²) in [6, 6.07) is 10.5. The molecule has 1 aliphatic rings. The summed E-state index contributed by atoms with van der Waals surface area (Å²) < 4.78 is 4.15. The van der Waals surface area contributed by atoms with Crippen molar-refractivity contribution in [2.45, 2.75) is 0 Å². The second-order valence-corrected chi connectivity index (χ2v) is 5.67. The Kier molecular flexibility index (Phi) is 5.48. The Morgan fingerprint density at radius 1 is 1.00 bits per heavy atom. The second-order valence-electron chi connectivity index (χ2n) is 5.52. The molecule has 0 fully saturated rings. The molecule has 26 heavy (non-hydrogen) atoms. The number of aromatic nitrogens is 1. The number of halogens is 1. The van der Waals surface area contributed by atoms with Crippen molar-refractivity contribution in [2.75, 3.05) is 0 Å². The van der Waals surface area contributed by atoms with Crippen LogP contribution in [0.3, 0.4) is 0 Å². The van der Waals surface area contributed by atoms with Gasteiger partial charge in [0, 0.05) is 22.9 Å². The summed E-state index contributed by atoms with van der Waals surface area (Å²) in [6.45, 7) is 3.96. The zero-order chi connectivity index (χ0) is 18.4. The fraction of sp³-hybridized carbons (Fsp3) is 0. The summed E-state index contributed by atoms with van der Waals surface area (Å²) in [5.74, 6) is 5.49. The normalized spacial score (nSPS) is 12.7. The van der Waals surface area contributed by atoms with Gasteiger partial charge in [-0.05, 0) is 48.0 Å². The molecule has 1 aromatic heterocycles. The molecule has 126 valence electrons. The highest BCUT2D eigenvalue weighted by Gasteiger charge is 2.05. The molecule has 1 aromatic carbocycles. The van der Waals surface area contributed by atoms with E-state index in [1.165, 1.54) is 0 Å². The van der Waals surface area contributed by atoms with Crippen LogP contribution in [-0.4, -0.2) is 11.0 Å². The molecule has 0 radical (unpaired) electrons. The van der Waals surface area contributed by atoms with E-state index in [2.05, 4.69) is 27.7 Å². The lowest BCUT2D eigenvalue weighted by Crippen LogP contribution is -1.97. The van der Waals surface area contributed by atoms with Crippen molar-refractivity contribution in [1.29, 1.82) is 0 Å². The third-order valence-electron chi connectivity index (χ3n) is 3.64. The number of carbonyl (C=O) groups excluding carboxylic acids is 1. The molecule has 0 atom stereocenters. The molecule has 0 saturated heterocycles. The Balaban J connectivity index is 1.75. The van der Waals surface area contributed by atoms with Gasteiger partial charge in [-0.15, -0.1) is 0 Å². The van der Waals surface area contributed by atoms with Gasteiger partial charge in [-0.25, -0.2) is 4.79 Å². The van der Waals surface area contributed by atoms with E-state index in [0.29, 0.717) is 5.56 Å². The van der Waals surface area contributed by atoms with Crippen molar-refractivity contribution in [3.8, 4) is 11.8 Å². The molecule has 4 heteroatoms. The molecule has 3 rings (SSSR count). The van der Waals surface area contributed by atoms with Crippen molar-refractivity contribution in [3.05, 3.63) is 108 Å². The van der Waals surface area contributed by atoms with E-state index in [-0.39, 0.29) is 0 Å². The second kappa shape index (κ2) is 8.15. The van der Waals surface area contributed by atoms with Crippen LogP contribution < -0.4 is 0 Å². The molecule has 0 spiro atoms. The van der Waals surface area contributed by atoms with Crippen LogP contribution in [0.2, 0.25) is 0 Å². The number of carbonyl (C=O) groups is 1. The van der Waals surface area contributed by atoms with Crippen molar-refractivity contribution < 1.29 is 9.08 Å². The molecule has 1 heterocycles. The smallest absolute Gasteiger partial charge is 0.343 e. The molecular formula is C22H14ClNO2. The minimum absolute atomic E-state index is 0.373. The largest absolute Gasteiger partial charge is 0.356 e. The molecule has 0 saturated carbocycles. The quantitative estimate of drug-likeness (QED) is 0.719. The van der Waals surface area contributed by atoms with Crippen molar-refractivity contribution in [2.24, 2.45) is 0 Å². The maximum absolute atomic E-state index is 11.3. The molecule has 0 N–H and O–H groups in total. The Morgan fingerprint density at radius 2 is 1.69 bits per heavy atom. The monoisotopic (exact) mass is 359 g/mol. The maximum Gasteiger partial charge on any atom is 0.356 e. The summed E-state index contributed by atoms with van der Waals surface area (Å²) in [6.07, 6.45) is 11.6. The standard InChI is InChI=1S/C22H14ClNO2/c1-16-4-2-3-5-20(14-16)21-13-10-18(15-24-21)7-6-17-8-11-19(12-9-17)22(25)26-23/h2-5,8-15H,1H2. The van der Waals surface area contributed by atoms with Gasteiger partial charge in [-0.3, -0.25) is 4.98 Å². The van der Waals surface area contributed by atoms with Gasteiger partial charge in [0.05, 0.1) is 11.3 Å². The lowest BCUT2D eigenvalue weighted by Gasteiger charge is -2.01. The average molecular weight is 360 g/mol. The molecule has 0 aliphatic heterocycles. The number of hydrogen-bond donors (Lipinski definition) is 0. The Bertz CT molecular complexity index is 985. The first-order chi connectivity index (χ1) is 12.7. The Hall–Kier alpha value is -3.35. The van der Waals surface area contributed by atoms with Crippen molar-refractivity contribution >= 4 is 23.4 Å². The molecule has 0 unspecified atom stereocenters. The van der Waals surface area contributed by atoms with Crippen LogP contribution in [0.1, 0.15) is 27.2 Å². The minimum Gasteiger partial charge on any atom is -0.343 e. The maximum atomic E-state index is 11.3. The third-order valence-corrected chi connectivity index (χ3v) is 3.78. The van der Waals surface area contributed by atoms with E-state index in [0.717, 1.165) is 28.0 Å². The van der Waals surface area contributed by atoms with Gasteiger partial charge in [-0.1, -0.05) is 42.7 Å². The van der Waals surface area contributed by atoms with Crippen molar-refractivity contribution in [3.63, 3.8) is 0 Å². The van der Waals surface area contributed by atoms with E-state index in [1.807, 2.05) is 42.5 Å². The lowest BCUT2D eigenvalue weighted by molar-refractivity contribution is 0.0751. The van der Waals surface area contributed by atoms with E-state index in [1.54, 1.807) is 30.5 Å². The van der Waals surface area contributed by atoms with Gasteiger partial charge in [0.2, 0.25) is 0 Å². The van der Waals surface area contributed by atoms with Crippen LogP contribution in [0.5, 0.6) is 0 Å². The molecular weight excluding hydrogens is 346 g/mol. The van der Waals surface area contributed by atoms with Gasteiger partial charge in [0.1, 0.15) is 11.9 Å². The van der Waals surface area contributed by atoms with Crippen molar-refractivity contribution in [1.82, 2.24) is 4.98 Å². The number of allylic oxidation sites excluding steroid dienone is 7. The van der Waals surface area contributed by atoms with Crippen LogP contribution in [0, 0.1) is 11.8 Å². The first kappa shape index (κ1) is 17.5. The predicted molar refractivity (Wildman–Crippen MR) is 103 cm³/mol. The topological polar surface area (TPSA) is 39.2 Å². The number of hydrogen-bond acceptors (Lipinski definition) is 3. The van der Waals surface area contributed by atoms with Crippen LogP contribution in [0.15, 0.2) is 85.1 Å². The van der Waals surface area contributed by atoms with Crippen LogP contribution >= 0.6 is 11.9 Å². The number of rotatable bonds is 2. The number of nitrogens with zero attached hydrogens (tertiary/aromatic N) is 1. The minimum atomic E-state index is -0.592. The highest BCUT2D eigenvalue weighted by atomic mass is 35.5. The summed E-state index contributed by atoms with van der Waals surface area (Å²) in [5.41, 5.74) is 4.74. The van der Waals surface area contributed by atoms with E-state index >= 15 is 0 Å². The highest BCUT2D eigenvalue weighted by molar-refractivity contribution is 6.15. The highest BCUT2D eigenvalue weighted by Crippen LogP contribution is 2.18. The van der Waals surface area contributed by atoms with Gasteiger partial charge >= 0.3 is 5.97 Å². The van der Waals surface area contributed by atoms with E-state index < -0.39 is 5.97 Å². The molecule has 0 amide bonds. The van der Waals surface area contributed by atoms with Gasteiger partial charge < -0.3 is 4.29 Å². The summed E-state index contributed by atoms with van der Waals surface area (Å²) in [7, 11) is 0. The van der Waals surface area contributed by atoms with Gasteiger partial charge in [0.15, 0.2) is 0 Å². The van der Waals surface area contributed by atoms with E-state index in [9.17, 15) is 4.79 Å². The fourth-order valence-corrected chi connectivity index (χ4v) is 2.40. The predicted octanol–water partition coefficient (Wildman–Crippen LogP) is 4.86. The molecule has 1 aliphatic carbocycles. The summed E-state index contributed by atoms with van der Waals surface area (Å²) in [5, 5.41) is 0. The lowest BCUT2D eigenvalue weighted by atomic mass is 10.1. The number of pyridine rings is 1. The van der Waals surface area contributed by atoms with Crippen LogP contribution in [0.4, 0.5) is 0 Å². The van der Waals surface area contributed by atoms with Crippen LogP contribution in [0.25, 0.3) is 5.57 Å². The van der Waals surface area contributed by atoms with E-state index in [4.69, 9.17) is 11.9 Å². The Morgan fingerprint density at radius 3 is 2.38 bits per heavy atom. The van der Waals surface area contributed by atoms with Crippen LogP contribution in [-0.2, 0) is 4.29 Å². The molecule has 0 bridgehead atoms.